The van der Waals surface area contributed by atoms with E-state index in [1.165, 1.54) is 13.0 Å². The largest absolute Gasteiger partial charge is 0.489 e. The predicted molar refractivity (Wildman–Crippen MR) is 338 cm³/mol. The molecule has 11 amide bonds. The number of imide groups is 1. The molecule has 0 aliphatic carbocycles. The number of aliphatic hydroxyl groups excluding tert-OH is 3. The number of H-pyrrole nitrogens is 1. The van der Waals surface area contributed by atoms with Crippen molar-refractivity contribution in [3.63, 3.8) is 0 Å². The minimum atomic E-state index is -2.41. The number of aliphatic hydroxyl groups is 3. The van der Waals surface area contributed by atoms with Crippen molar-refractivity contribution in [1.29, 1.82) is 0 Å². The Kier molecular flexibility index (Phi) is 25.4. The molecule has 514 valence electrons. The van der Waals surface area contributed by atoms with Gasteiger partial charge in [-0.3, -0.25) is 76.2 Å². The third-order valence-electron chi connectivity index (χ3n) is 17.5. The highest BCUT2D eigenvalue weighted by Gasteiger charge is 2.45. The average Bonchev–Trinajstić information content (AvgIpc) is 1.65. The molecule has 0 saturated carbocycles. The fourth-order valence-corrected chi connectivity index (χ4v) is 13.1. The van der Waals surface area contributed by atoms with Crippen molar-refractivity contribution in [3.05, 3.63) is 65.7 Å². The van der Waals surface area contributed by atoms with Crippen LogP contribution < -0.4 is 47.7 Å². The number of ketones is 3. The van der Waals surface area contributed by atoms with Crippen LogP contribution in [-0.2, 0) is 91.0 Å². The summed E-state index contributed by atoms with van der Waals surface area (Å²) in [5.74, 6) is -17.7. The summed E-state index contributed by atoms with van der Waals surface area (Å²) < 4.78 is 21.4. The number of anilines is 1. The van der Waals surface area contributed by atoms with Crippen LogP contribution in [0, 0.1) is 35.5 Å². The topological polar surface area (TPSA) is 458 Å². The number of Topliss-reactive ketones (excluding diaryl/α,β-unsaturated/α-hetero) is 3. The molecule has 5 heterocycles. The van der Waals surface area contributed by atoms with Gasteiger partial charge in [0.1, 0.15) is 29.5 Å². The van der Waals surface area contributed by atoms with Crippen molar-refractivity contribution in [1.82, 2.24) is 46.7 Å². The number of ether oxygens (including phenoxy) is 1. The second kappa shape index (κ2) is 32.9. The molecule has 30 nitrogen and oxygen atoms in total. The van der Waals surface area contributed by atoms with E-state index in [0.717, 1.165) is 22.0 Å². The van der Waals surface area contributed by atoms with Crippen LogP contribution in [0.15, 0.2) is 59.6 Å². The lowest BCUT2D eigenvalue weighted by molar-refractivity contribution is -0.145. The van der Waals surface area contributed by atoms with Gasteiger partial charge in [-0.1, -0.05) is 60.1 Å². The maximum atomic E-state index is 15.2. The van der Waals surface area contributed by atoms with Crippen LogP contribution in [0.1, 0.15) is 97.6 Å². The van der Waals surface area contributed by atoms with Gasteiger partial charge in [0.2, 0.25) is 53.2 Å². The van der Waals surface area contributed by atoms with Crippen LogP contribution in [0.3, 0.4) is 0 Å². The summed E-state index contributed by atoms with van der Waals surface area (Å²) in [4.78, 5) is 196. The SMILES string of the molecule is CC[C@H](C)[C@@H]1NC(=O)CNC(=O)C2CC(=O)[C@H]([C@@H](C)[C@@H](O)CO)NC(=O)[C@@H]3CC(O)CN3C(=O)[C@H](CC(N)=O)CC(=O)C(C[S@@](=O)c3[nH]c4cc(OCc5ccc(NC(=O)[C@H](C)CC(=O)[C@@H](NC(=O)CCN6C(=O)C=CC6=O)C(C)C)cc5)ccc4c3C2)NC(=O)CNC1=O. The molecule has 2 bridgehead atoms. The van der Waals surface area contributed by atoms with Gasteiger partial charge in [0.15, 0.2) is 17.3 Å². The Hall–Kier alpha value is -9.07. The van der Waals surface area contributed by atoms with Crippen LogP contribution in [0.25, 0.3) is 10.9 Å². The first-order valence-electron chi connectivity index (χ1n) is 31.4. The first-order valence-corrected chi connectivity index (χ1v) is 32.8. The van der Waals surface area contributed by atoms with E-state index < -0.39 is 229 Å². The summed E-state index contributed by atoms with van der Waals surface area (Å²) in [6.45, 7) is 6.59. The number of carbonyl (C=O) groups is 14. The average molecular weight is 1340 g/mol. The number of rotatable bonds is 20. The van der Waals surface area contributed by atoms with E-state index in [4.69, 9.17) is 10.5 Å². The minimum Gasteiger partial charge on any atom is -0.489 e. The van der Waals surface area contributed by atoms with Gasteiger partial charge in [0.25, 0.3) is 11.8 Å². The number of nitrogens with two attached hydrogens (primary N) is 1. The monoisotopic (exact) mass is 1340 g/mol. The third-order valence-corrected chi connectivity index (χ3v) is 18.9. The van der Waals surface area contributed by atoms with Gasteiger partial charge in [-0.05, 0) is 53.6 Å². The van der Waals surface area contributed by atoms with Crippen LogP contribution in [0.2, 0.25) is 0 Å². The minimum absolute atomic E-state index is 0.0553. The van der Waals surface area contributed by atoms with E-state index >= 15 is 4.21 Å². The molecule has 13 N–H and O–H groups in total. The molecule has 13 atom stereocenters. The van der Waals surface area contributed by atoms with Crippen molar-refractivity contribution < 1.29 is 91.4 Å². The number of nitrogens with zero attached hydrogens (tertiary/aromatic N) is 2. The fraction of sp³-hybridized carbons (Fsp3) is 0.531. The fourth-order valence-electron chi connectivity index (χ4n) is 11.7. The number of hydrogen-bond acceptors (Lipinski definition) is 19. The number of benzene rings is 2. The van der Waals surface area contributed by atoms with Crippen molar-refractivity contribution in [3.8, 4) is 5.75 Å². The first kappa shape index (κ1) is 73.3. The van der Waals surface area contributed by atoms with Crippen molar-refractivity contribution in [2.75, 3.05) is 43.9 Å². The summed E-state index contributed by atoms with van der Waals surface area (Å²) in [5, 5.41) is 50.2. The van der Waals surface area contributed by atoms with Crippen LogP contribution in [0.4, 0.5) is 5.69 Å². The molecular formula is C64H83N11O19S. The Balaban J connectivity index is 1.19. The first-order chi connectivity index (χ1) is 45.0. The van der Waals surface area contributed by atoms with Gasteiger partial charge in [-0.2, -0.15) is 0 Å². The number of amides is 11. The molecule has 7 rings (SSSR count). The smallest absolute Gasteiger partial charge is 0.253 e. The summed E-state index contributed by atoms with van der Waals surface area (Å²) in [7, 11) is -2.41. The van der Waals surface area contributed by atoms with Gasteiger partial charge in [0, 0.05) is 98.7 Å². The quantitative estimate of drug-likeness (QED) is 0.0551. The molecular weight excluding hydrogens is 1260 g/mol. The molecule has 1 saturated heterocycles. The molecule has 4 aliphatic heterocycles. The van der Waals surface area contributed by atoms with Crippen molar-refractivity contribution in [2.45, 2.75) is 147 Å². The molecule has 0 radical (unpaired) electrons. The number of nitrogens with one attached hydrogen (secondary N) is 8. The molecule has 95 heavy (non-hydrogen) atoms. The van der Waals surface area contributed by atoms with E-state index in [1.54, 1.807) is 71.0 Å². The summed E-state index contributed by atoms with van der Waals surface area (Å²) in [6.07, 6.45) is -4.16. The Morgan fingerprint density at radius 3 is 2.12 bits per heavy atom. The highest BCUT2D eigenvalue weighted by molar-refractivity contribution is 7.85. The second-order valence-corrected chi connectivity index (χ2v) is 26.4. The number of aromatic nitrogens is 1. The Morgan fingerprint density at radius 1 is 0.811 bits per heavy atom. The highest BCUT2D eigenvalue weighted by atomic mass is 32.2. The molecule has 3 unspecified atom stereocenters. The molecule has 0 spiro atoms. The van der Waals surface area contributed by atoms with Crippen LogP contribution >= 0.6 is 0 Å². The molecule has 3 aromatic rings. The second-order valence-electron chi connectivity index (χ2n) is 25.0. The summed E-state index contributed by atoms with van der Waals surface area (Å²) >= 11 is 0. The van der Waals surface area contributed by atoms with E-state index in [9.17, 15) is 82.4 Å². The van der Waals surface area contributed by atoms with Crippen molar-refractivity contribution in [2.24, 2.45) is 41.2 Å². The Morgan fingerprint density at radius 2 is 1.47 bits per heavy atom. The van der Waals surface area contributed by atoms with E-state index in [0.29, 0.717) is 23.1 Å². The normalized spacial score (nSPS) is 24.5. The zero-order valence-corrected chi connectivity index (χ0v) is 54.4. The van der Waals surface area contributed by atoms with Gasteiger partial charge >= 0.3 is 0 Å². The maximum absolute atomic E-state index is 15.2. The number of primary amides is 1. The highest BCUT2D eigenvalue weighted by Crippen LogP contribution is 2.34. The third kappa shape index (κ3) is 19.1. The Bertz CT molecular complexity index is 3520. The molecule has 1 aromatic heterocycles. The molecule has 1 fully saturated rings. The van der Waals surface area contributed by atoms with E-state index in [2.05, 4.69) is 42.2 Å². The standard InChI is InChI=1S/C64H83N11O19S/c1-7-32(4)57-62(91)67-25-52(84)69-44-30-95(93)63-42(19-36(60(89)66-26-53(85)72-57)20-48(80)58(34(6)49(81)28-76)73-61(90)45-23-39(77)27-75(45)64(92)37(21-46(44)78)22-50(65)82)41-13-12-40(24-43(41)70-63)94-29-35-8-10-38(11-9-35)68-59(88)33(5)18-47(79)56(31(2)3)71-51(83)16-17-74-54(86)14-15-55(74)87/h8-15,24,31-34,36-37,39,44-45,49,56-58,70,76-77,81H,7,16-23,25-30H2,1-6H3,(H2,65,82)(H,66,89)(H,67,91)(H,68,88)(H,69,84)(H,71,83)(H,72,85)(H,73,90)/t32-,33+,34-,36?,37-,39?,44?,45-,49-,56-,57-,58-,95+/m0/s1. The summed E-state index contributed by atoms with van der Waals surface area (Å²) in [6, 6.07) is 3.96. The summed E-state index contributed by atoms with van der Waals surface area (Å²) in [5.41, 5.74) is 6.99. The van der Waals surface area contributed by atoms with E-state index in [1.807, 2.05) is 0 Å². The zero-order valence-electron chi connectivity index (χ0n) is 53.6. The number of carbonyl (C=O) groups excluding carboxylic acids is 14. The van der Waals surface area contributed by atoms with Gasteiger partial charge < -0.3 is 72.9 Å². The number of fused-ring (bicyclic) bond motifs is 5. The Labute approximate surface area is 549 Å². The van der Waals surface area contributed by atoms with Crippen molar-refractivity contribution >= 4 is 110 Å². The number of hydrogen-bond donors (Lipinski definition) is 12. The van der Waals surface area contributed by atoms with Gasteiger partial charge in [-0.15, -0.1) is 0 Å². The maximum Gasteiger partial charge on any atom is 0.253 e. The lowest BCUT2D eigenvalue weighted by Gasteiger charge is -2.32. The molecule has 31 heteroatoms. The lowest BCUT2D eigenvalue weighted by Crippen LogP contribution is -2.56. The zero-order chi connectivity index (χ0) is 69.7. The number of aromatic amines is 1. The predicted octanol–water partition coefficient (Wildman–Crippen LogP) is -1.88. The van der Waals surface area contributed by atoms with Crippen LogP contribution in [-0.4, -0.2) is 198 Å². The van der Waals surface area contributed by atoms with Gasteiger partial charge in [-0.25, -0.2) is 0 Å². The molecule has 2 aromatic carbocycles. The lowest BCUT2D eigenvalue weighted by atomic mass is 9.85. The van der Waals surface area contributed by atoms with Gasteiger partial charge in [0.05, 0.1) is 78.0 Å². The van der Waals surface area contributed by atoms with E-state index in [-0.39, 0.29) is 53.8 Å². The molecule has 4 aliphatic rings. The van der Waals surface area contributed by atoms with Crippen LogP contribution in [0.5, 0.6) is 5.75 Å².